The summed E-state index contributed by atoms with van der Waals surface area (Å²) in [7, 11) is 0. The Labute approximate surface area is 110 Å². The van der Waals surface area contributed by atoms with E-state index in [0.29, 0.717) is 0 Å². The molecule has 2 saturated heterocycles. The summed E-state index contributed by atoms with van der Waals surface area (Å²) in [6, 6.07) is 1.53. The molecule has 0 spiro atoms. The summed E-state index contributed by atoms with van der Waals surface area (Å²) in [6.07, 6.45) is 9.93. The van der Waals surface area contributed by atoms with Crippen molar-refractivity contribution in [2.24, 2.45) is 5.92 Å². The summed E-state index contributed by atoms with van der Waals surface area (Å²) in [5.74, 6) is 0.796. The summed E-state index contributed by atoms with van der Waals surface area (Å²) in [6.45, 7) is 0. The second kappa shape index (κ2) is 4.24. The van der Waals surface area contributed by atoms with Crippen molar-refractivity contribution in [3.8, 4) is 0 Å². The fourth-order valence-electron chi connectivity index (χ4n) is 3.40. The number of thiazole rings is 1. The maximum atomic E-state index is 4.60. The van der Waals surface area contributed by atoms with E-state index in [-0.39, 0.29) is 0 Å². The highest BCUT2D eigenvalue weighted by Gasteiger charge is 2.33. The molecule has 2 aromatic rings. The number of nitrogens with zero attached hydrogens (tertiary/aromatic N) is 3. The average molecular weight is 260 g/mol. The normalized spacial score (nSPS) is 31.0. The zero-order valence-electron chi connectivity index (χ0n) is 10.2. The lowest BCUT2D eigenvalue weighted by Gasteiger charge is -2.28. The van der Waals surface area contributed by atoms with Crippen LogP contribution in [-0.2, 0) is 6.42 Å². The lowest BCUT2D eigenvalue weighted by Crippen LogP contribution is -2.38. The lowest BCUT2D eigenvalue weighted by atomic mass is 9.90. The predicted molar refractivity (Wildman–Crippen MR) is 71.6 cm³/mol. The summed E-state index contributed by atoms with van der Waals surface area (Å²) in [5, 5.41) is 4.90. The van der Waals surface area contributed by atoms with Gasteiger partial charge < -0.3 is 5.32 Å². The summed E-state index contributed by atoms with van der Waals surface area (Å²) < 4.78 is 0. The van der Waals surface area contributed by atoms with Crippen LogP contribution in [0.15, 0.2) is 12.4 Å². The summed E-state index contributed by atoms with van der Waals surface area (Å²) in [5.41, 5.74) is 0.814. The van der Waals surface area contributed by atoms with Gasteiger partial charge in [0.05, 0.1) is 5.01 Å². The number of aromatic nitrogens is 3. The quantitative estimate of drug-likeness (QED) is 0.899. The molecule has 0 amide bonds. The highest BCUT2D eigenvalue weighted by Crippen LogP contribution is 2.33. The van der Waals surface area contributed by atoms with Crippen LogP contribution in [0.25, 0.3) is 10.5 Å². The highest BCUT2D eigenvalue weighted by molar-refractivity contribution is 7.18. The molecule has 2 bridgehead atoms. The van der Waals surface area contributed by atoms with E-state index in [2.05, 4.69) is 20.3 Å². The summed E-state index contributed by atoms with van der Waals surface area (Å²) >= 11 is 1.71. The fraction of sp³-hybridized carbons (Fsp3) is 0.615. The van der Waals surface area contributed by atoms with Crippen molar-refractivity contribution >= 4 is 21.8 Å². The van der Waals surface area contributed by atoms with Crippen molar-refractivity contribution in [1.82, 2.24) is 20.3 Å². The zero-order valence-corrected chi connectivity index (χ0v) is 11.0. The molecule has 5 heteroatoms. The number of hydrogen-bond donors (Lipinski definition) is 1. The van der Waals surface area contributed by atoms with E-state index in [1.807, 2.05) is 0 Å². The molecule has 18 heavy (non-hydrogen) atoms. The van der Waals surface area contributed by atoms with Gasteiger partial charge in [-0.25, -0.2) is 15.0 Å². The van der Waals surface area contributed by atoms with Crippen LogP contribution in [0.1, 0.15) is 30.7 Å². The molecule has 2 aliphatic heterocycles. The number of piperidine rings is 1. The van der Waals surface area contributed by atoms with Crippen molar-refractivity contribution in [3.05, 3.63) is 17.4 Å². The lowest BCUT2D eigenvalue weighted by molar-refractivity contribution is 0.298. The Bertz CT molecular complexity index is 522. The molecule has 2 atom stereocenters. The molecular weight excluding hydrogens is 244 g/mol. The van der Waals surface area contributed by atoms with Gasteiger partial charge in [-0.3, -0.25) is 0 Å². The van der Waals surface area contributed by atoms with Gasteiger partial charge in [-0.15, -0.1) is 0 Å². The van der Waals surface area contributed by atoms with Gasteiger partial charge in [0.1, 0.15) is 0 Å². The van der Waals surface area contributed by atoms with Gasteiger partial charge in [-0.05, 0) is 31.6 Å². The third-order valence-corrected chi connectivity index (χ3v) is 5.10. The van der Waals surface area contributed by atoms with E-state index < -0.39 is 0 Å². The maximum Gasteiger partial charge on any atom is 0.189 e. The van der Waals surface area contributed by atoms with E-state index in [0.717, 1.165) is 34.9 Å². The molecule has 0 saturated carbocycles. The molecule has 0 radical (unpaired) electrons. The molecule has 4 heterocycles. The van der Waals surface area contributed by atoms with Crippen LogP contribution >= 0.6 is 11.3 Å². The van der Waals surface area contributed by atoms with Crippen LogP contribution < -0.4 is 5.32 Å². The van der Waals surface area contributed by atoms with Gasteiger partial charge in [0.25, 0.3) is 0 Å². The minimum atomic E-state index is 0.763. The van der Waals surface area contributed by atoms with E-state index in [1.54, 1.807) is 23.7 Å². The van der Waals surface area contributed by atoms with Crippen molar-refractivity contribution in [3.63, 3.8) is 0 Å². The van der Waals surface area contributed by atoms with Crippen molar-refractivity contribution in [1.29, 1.82) is 0 Å². The zero-order chi connectivity index (χ0) is 11.9. The Morgan fingerprint density at radius 2 is 1.94 bits per heavy atom. The monoisotopic (exact) mass is 260 g/mol. The van der Waals surface area contributed by atoms with E-state index in [1.165, 1.54) is 30.7 Å². The second-order valence-corrected chi connectivity index (χ2v) is 6.53. The summed E-state index contributed by atoms with van der Waals surface area (Å²) in [4.78, 5) is 14.2. The molecular formula is C13H16N4S. The SMILES string of the molecule is c1cnc2sc(CC3CC4CCC(C3)N4)nc2n1. The molecule has 2 unspecified atom stereocenters. The first-order valence-electron chi connectivity index (χ1n) is 6.69. The highest BCUT2D eigenvalue weighted by atomic mass is 32.1. The number of hydrogen-bond acceptors (Lipinski definition) is 5. The van der Waals surface area contributed by atoms with Gasteiger partial charge in [-0.2, -0.15) is 0 Å². The molecule has 2 aliphatic rings. The van der Waals surface area contributed by atoms with Crippen molar-refractivity contribution in [2.75, 3.05) is 0 Å². The van der Waals surface area contributed by atoms with Crippen LogP contribution in [0.4, 0.5) is 0 Å². The first-order valence-corrected chi connectivity index (χ1v) is 7.51. The van der Waals surface area contributed by atoms with Crippen molar-refractivity contribution in [2.45, 2.75) is 44.2 Å². The molecule has 0 aliphatic carbocycles. The second-order valence-electron chi connectivity index (χ2n) is 5.47. The van der Waals surface area contributed by atoms with Crippen molar-refractivity contribution < 1.29 is 0 Å². The van der Waals surface area contributed by atoms with Crippen LogP contribution in [0.3, 0.4) is 0 Å². The van der Waals surface area contributed by atoms with Gasteiger partial charge in [0, 0.05) is 30.9 Å². The molecule has 4 nitrogen and oxygen atoms in total. The van der Waals surface area contributed by atoms with E-state index >= 15 is 0 Å². The molecule has 2 aromatic heterocycles. The van der Waals surface area contributed by atoms with E-state index in [4.69, 9.17) is 0 Å². The minimum absolute atomic E-state index is 0.763. The number of rotatable bonds is 2. The molecule has 4 rings (SSSR count). The number of fused-ring (bicyclic) bond motifs is 3. The fourth-order valence-corrected chi connectivity index (χ4v) is 4.37. The Kier molecular flexibility index (Phi) is 2.55. The Hall–Kier alpha value is -1.07. The van der Waals surface area contributed by atoms with Crippen LogP contribution in [0, 0.1) is 5.92 Å². The van der Waals surface area contributed by atoms with Gasteiger partial charge in [0.15, 0.2) is 10.5 Å². The first-order chi connectivity index (χ1) is 8.87. The third kappa shape index (κ3) is 1.91. The Morgan fingerprint density at radius 1 is 1.17 bits per heavy atom. The van der Waals surface area contributed by atoms with Crippen LogP contribution in [0.2, 0.25) is 0 Å². The first kappa shape index (κ1) is 10.8. The largest absolute Gasteiger partial charge is 0.311 e. The van der Waals surface area contributed by atoms with Gasteiger partial charge >= 0.3 is 0 Å². The topological polar surface area (TPSA) is 50.7 Å². The molecule has 0 aromatic carbocycles. The Morgan fingerprint density at radius 3 is 2.72 bits per heavy atom. The standard InChI is InChI=1S/C13H16N4S/c1-2-10-6-8(5-9(1)16-10)7-11-17-12-13(18-11)15-4-3-14-12/h3-4,8-10,16H,1-2,5-7H2. The third-order valence-electron chi connectivity index (χ3n) is 4.13. The maximum absolute atomic E-state index is 4.60. The van der Waals surface area contributed by atoms with Gasteiger partial charge in [0.2, 0.25) is 0 Å². The minimum Gasteiger partial charge on any atom is -0.311 e. The van der Waals surface area contributed by atoms with Crippen LogP contribution in [0.5, 0.6) is 0 Å². The number of nitrogens with one attached hydrogen (secondary N) is 1. The Balaban J connectivity index is 1.54. The predicted octanol–water partition coefficient (Wildman–Crippen LogP) is 2.16. The van der Waals surface area contributed by atoms with E-state index in [9.17, 15) is 0 Å². The van der Waals surface area contributed by atoms with Crippen LogP contribution in [-0.4, -0.2) is 27.0 Å². The molecule has 1 N–H and O–H groups in total. The average Bonchev–Trinajstić information content (AvgIpc) is 2.92. The smallest absolute Gasteiger partial charge is 0.189 e. The molecule has 94 valence electrons. The van der Waals surface area contributed by atoms with Gasteiger partial charge in [-0.1, -0.05) is 11.3 Å². The molecule has 2 fully saturated rings.